The van der Waals surface area contributed by atoms with Crippen molar-refractivity contribution >= 4 is 5.69 Å². The molecule has 0 bridgehead atoms. The lowest BCUT2D eigenvalue weighted by molar-refractivity contribution is 0.401. The topological polar surface area (TPSA) is 18.5 Å². The van der Waals surface area contributed by atoms with E-state index in [1.54, 1.807) is 0 Å². The molecule has 1 rings (SSSR count). The number of para-hydroxylation sites is 1. The first-order valence-electron chi connectivity index (χ1n) is 8.28. The second kappa shape index (κ2) is 9.80. The van der Waals surface area contributed by atoms with Crippen LogP contribution in [0.25, 0.3) is 0 Å². The van der Waals surface area contributed by atoms with Gasteiger partial charge < -0.3 is 15.1 Å². The summed E-state index contributed by atoms with van der Waals surface area (Å²) in [4.78, 5) is 4.65. The Labute approximate surface area is 131 Å². The summed E-state index contributed by atoms with van der Waals surface area (Å²) in [6.45, 7) is 7.80. The van der Waals surface area contributed by atoms with Crippen molar-refractivity contribution in [1.29, 1.82) is 0 Å². The molecule has 1 N–H and O–H groups in total. The van der Waals surface area contributed by atoms with Gasteiger partial charge in [0.1, 0.15) is 0 Å². The van der Waals surface area contributed by atoms with Crippen molar-refractivity contribution in [3.63, 3.8) is 0 Å². The molecule has 0 spiro atoms. The summed E-state index contributed by atoms with van der Waals surface area (Å²) in [6, 6.07) is 9.28. The van der Waals surface area contributed by atoms with Gasteiger partial charge in [0.05, 0.1) is 0 Å². The maximum absolute atomic E-state index is 3.67. The molecule has 0 saturated carbocycles. The van der Waals surface area contributed by atoms with Gasteiger partial charge in [0.25, 0.3) is 0 Å². The number of hydrogen-bond acceptors (Lipinski definition) is 3. The third-order valence-corrected chi connectivity index (χ3v) is 3.87. The maximum atomic E-state index is 3.67. The average molecular weight is 291 g/mol. The number of nitrogens with one attached hydrogen (secondary N) is 1. The predicted molar refractivity (Wildman–Crippen MR) is 94.2 cm³/mol. The number of nitrogens with zero attached hydrogens (tertiary/aromatic N) is 2. The fourth-order valence-corrected chi connectivity index (χ4v) is 2.67. The van der Waals surface area contributed by atoms with E-state index < -0.39 is 0 Å². The number of anilines is 1. The van der Waals surface area contributed by atoms with E-state index in [1.807, 2.05) is 0 Å². The largest absolute Gasteiger partial charge is 0.374 e. The zero-order chi connectivity index (χ0) is 15.7. The lowest BCUT2D eigenvalue weighted by Crippen LogP contribution is -2.27. The van der Waals surface area contributed by atoms with Crippen LogP contribution in [0.3, 0.4) is 0 Å². The molecule has 1 unspecified atom stereocenters. The zero-order valence-corrected chi connectivity index (χ0v) is 14.5. The van der Waals surface area contributed by atoms with E-state index in [0.717, 1.165) is 26.1 Å². The van der Waals surface area contributed by atoms with Crippen molar-refractivity contribution in [2.45, 2.75) is 39.2 Å². The Morgan fingerprint density at radius 1 is 1.05 bits per heavy atom. The monoisotopic (exact) mass is 291 g/mol. The normalized spacial score (nSPS) is 12.7. The molecule has 21 heavy (non-hydrogen) atoms. The molecule has 1 atom stereocenters. The van der Waals surface area contributed by atoms with Crippen LogP contribution in [0.2, 0.25) is 0 Å². The molecule has 0 aliphatic rings. The third-order valence-electron chi connectivity index (χ3n) is 3.87. The molecule has 0 fully saturated rings. The highest BCUT2D eigenvalue weighted by Gasteiger charge is 2.14. The third kappa shape index (κ3) is 6.06. The minimum absolute atomic E-state index is 0.456. The number of hydrogen-bond donors (Lipinski definition) is 1. The van der Waals surface area contributed by atoms with E-state index in [9.17, 15) is 0 Å². The maximum Gasteiger partial charge on any atom is 0.0412 e. The molecule has 1 aromatic carbocycles. The van der Waals surface area contributed by atoms with Gasteiger partial charge in [-0.2, -0.15) is 0 Å². The lowest BCUT2D eigenvalue weighted by Gasteiger charge is -2.27. The number of benzene rings is 1. The Kier molecular flexibility index (Phi) is 8.40. The fraction of sp³-hybridized carbons (Fsp3) is 0.667. The molecule has 3 heteroatoms. The SMILES string of the molecule is CCCNC(CC)c1ccccc1N(C)CCCN(C)C. The first-order chi connectivity index (χ1) is 10.1. The van der Waals surface area contributed by atoms with Crippen LogP contribution in [-0.2, 0) is 0 Å². The summed E-state index contributed by atoms with van der Waals surface area (Å²) >= 11 is 0. The van der Waals surface area contributed by atoms with Gasteiger partial charge in [-0.1, -0.05) is 32.0 Å². The second-order valence-electron chi connectivity index (χ2n) is 6.05. The van der Waals surface area contributed by atoms with Crippen LogP contribution >= 0.6 is 0 Å². The van der Waals surface area contributed by atoms with Crippen molar-refractivity contribution in [2.24, 2.45) is 0 Å². The van der Waals surface area contributed by atoms with E-state index in [0.29, 0.717) is 6.04 Å². The summed E-state index contributed by atoms with van der Waals surface area (Å²) in [7, 11) is 6.48. The van der Waals surface area contributed by atoms with E-state index in [-0.39, 0.29) is 0 Å². The first-order valence-corrected chi connectivity index (χ1v) is 8.28. The van der Waals surface area contributed by atoms with Crippen molar-refractivity contribution in [1.82, 2.24) is 10.2 Å². The van der Waals surface area contributed by atoms with Gasteiger partial charge in [-0.05, 0) is 58.1 Å². The molecule has 0 saturated heterocycles. The summed E-state index contributed by atoms with van der Waals surface area (Å²) in [5.74, 6) is 0. The Bertz CT molecular complexity index is 390. The summed E-state index contributed by atoms with van der Waals surface area (Å²) < 4.78 is 0. The molecule has 0 radical (unpaired) electrons. The van der Waals surface area contributed by atoms with Gasteiger partial charge in [0.2, 0.25) is 0 Å². The molecule has 0 aliphatic carbocycles. The Morgan fingerprint density at radius 2 is 1.76 bits per heavy atom. The second-order valence-corrected chi connectivity index (χ2v) is 6.05. The van der Waals surface area contributed by atoms with Crippen LogP contribution in [-0.4, -0.2) is 45.7 Å². The predicted octanol–water partition coefficient (Wildman–Crippen LogP) is 3.53. The van der Waals surface area contributed by atoms with Crippen molar-refractivity contribution in [2.75, 3.05) is 45.7 Å². The fourth-order valence-electron chi connectivity index (χ4n) is 2.67. The van der Waals surface area contributed by atoms with Gasteiger partial charge in [-0.15, -0.1) is 0 Å². The summed E-state index contributed by atoms with van der Waals surface area (Å²) in [5, 5.41) is 3.67. The van der Waals surface area contributed by atoms with Gasteiger partial charge in [0, 0.05) is 25.3 Å². The zero-order valence-electron chi connectivity index (χ0n) is 14.5. The minimum Gasteiger partial charge on any atom is -0.374 e. The van der Waals surface area contributed by atoms with Crippen LogP contribution in [0.15, 0.2) is 24.3 Å². The molecule has 120 valence electrons. The molecule has 0 aliphatic heterocycles. The molecular formula is C18H33N3. The van der Waals surface area contributed by atoms with Crippen LogP contribution < -0.4 is 10.2 Å². The van der Waals surface area contributed by atoms with E-state index in [2.05, 4.69) is 74.4 Å². The minimum atomic E-state index is 0.456. The summed E-state index contributed by atoms with van der Waals surface area (Å²) in [6.07, 6.45) is 3.50. The van der Waals surface area contributed by atoms with Crippen molar-refractivity contribution in [3.8, 4) is 0 Å². The quantitative estimate of drug-likeness (QED) is 0.711. The first kappa shape index (κ1) is 18.0. The van der Waals surface area contributed by atoms with Crippen LogP contribution in [0.4, 0.5) is 5.69 Å². The lowest BCUT2D eigenvalue weighted by atomic mass is 10.0. The molecular weight excluding hydrogens is 258 g/mol. The number of rotatable bonds is 10. The van der Waals surface area contributed by atoms with E-state index in [4.69, 9.17) is 0 Å². The van der Waals surface area contributed by atoms with E-state index >= 15 is 0 Å². The molecule has 1 aromatic rings. The van der Waals surface area contributed by atoms with Gasteiger partial charge >= 0.3 is 0 Å². The highest BCUT2D eigenvalue weighted by Crippen LogP contribution is 2.27. The van der Waals surface area contributed by atoms with Crippen LogP contribution in [0.1, 0.15) is 44.7 Å². The summed E-state index contributed by atoms with van der Waals surface area (Å²) in [5.41, 5.74) is 2.80. The van der Waals surface area contributed by atoms with Crippen LogP contribution in [0, 0.1) is 0 Å². The van der Waals surface area contributed by atoms with Crippen LogP contribution in [0.5, 0.6) is 0 Å². The highest BCUT2D eigenvalue weighted by molar-refractivity contribution is 5.54. The van der Waals surface area contributed by atoms with Crippen molar-refractivity contribution in [3.05, 3.63) is 29.8 Å². The van der Waals surface area contributed by atoms with Gasteiger partial charge in [0.15, 0.2) is 0 Å². The molecule has 3 nitrogen and oxygen atoms in total. The smallest absolute Gasteiger partial charge is 0.0412 e. The Balaban J connectivity index is 2.76. The van der Waals surface area contributed by atoms with Crippen molar-refractivity contribution < 1.29 is 0 Å². The molecule has 0 aromatic heterocycles. The molecule has 0 heterocycles. The van der Waals surface area contributed by atoms with Gasteiger partial charge in [-0.25, -0.2) is 0 Å². The standard InChI is InChI=1S/C18H33N3/c1-6-13-19-17(7-2)16-11-8-9-12-18(16)21(5)15-10-14-20(3)4/h8-9,11-12,17,19H,6-7,10,13-15H2,1-5H3. The van der Waals surface area contributed by atoms with Gasteiger partial charge in [-0.3, -0.25) is 0 Å². The van der Waals surface area contributed by atoms with E-state index in [1.165, 1.54) is 24.1 Å². The Hall–Kier alpha value is -1.06. The average Bonchev–Trinajstić information content (AvgIpc) is 2.48. The Morgan fingerprint density at radius 3 is 2.38 bits per heavy atom. The molecule has 0 amide bonds. The highest BCUT2D eigenvalue weighted by atomic mass is 15.1.